The lowest BCUT2D eigenvalue weighted by Gasteiger charge is -2.61. The first-order valence-electron chi connectivity index (χ1n) is 6.97. The van der Waals surface area contributed by atoms with Crippen molar-refractivity contribution in [2.24, 2.45) is 0 Å². The summed E-state index contributed by atoms with van der Waals surface area (Å²) in [6.07, 6.45) is 4.14. The number of hydrogen-bond acceptors (Lipinski definition) is 3. The smallest absolute Gasteiger partial charge is 0.0589 e. The number of rotatable bonds is 3. The maximum Gasteiger partial charge on any atom is 0.0589 e. The molecule has 3 nitrogen and oxygen atoms in total. The summed E-state index contributed by atoms with van der Waals surface area (Å²) in [4.78, 5) is 5.29. The highest BCUT2D eigenvalue weighted by atomic mass is 16.5. The summed E-state index contributed by atoms with van der Waals surface area (Å²) >= 11 is 0. The fourth-order valence-corrected chi connectivity index (χ4v) is 3.20. The molecule has 0 N–H and O–H groups in total. The third kappa shape index (κ3) is 2.67. The molecule has 2 rings (SSSR count). The maximum absolute atomic E-state index is 5.25. The molecule has 2 aliphatic rings. The lowest BCUT2D eigenvalue weighted by Crippen LogP contribution is -2.74. The topological polar surface area (TPSA) is 15.7 Å². The van der Waals surface area contributed by atoms with Gasteiger partial charge in [-0.15, -0.1) is 0 Å². The number of methoxy groups -OCH3 is 1. The summed E-state index contributed by atoms with van der Waals surface area (Å²) in [5.41, 5.74) is 0.805. The number of ether oxygens (including phenoxy) is 1. The molecule has 1 spiro atoms. The van der Waals surface area contributed by atoms with E-state index in [1.165, 1.54) is 38.9 Å². The van der Waals surface area contributed by atoms with Gasteiger partial charge in [-0.3, -0.25) is 9.80 Å². The third-order valence-electron chi connectivity index (χ3n) is 4.48. The third-order valence-corrected chi connectivity index (χ3v) is 4.48. The predicted octanol–water partition coefficient (Wildman–Crippen LogP) is 1.97. The Kier molecular flexibility index (Phi) is 3.81. The fraction of sp³-hybridized carbons (Fsp3) is 1.00. The summed E-state index contributed by atoms with van der Waals surface area (Å²) < 4.78 is 5.25. The van der Waals surface area contributed by atoms with Gasteiger partial charge in [-0.1, -0.05) is 6.42 Å². The molecule has 17 heavy (non-hydrogen) atoms. The quantitative estimate of drug-likeness (QED) is 0.750. The second-order valence-electron chi connectivity index (χ2n) is 6.69. The molecule has 0 aromatic rings. The first-order valence-corrected chi connectivity index (χ1v) is 6.97. The molecule has 3 heteroatoms. The zero-order chi connectivity index (χ0) is 12.5. The molecule has 0 aromatic carbocycles. The highest BCUT2D eigenvalue weighted by molar-refractivity contribution is 5.08. The second kappa shape index (κ2) is 4.87. The molecule has 0 aromatic heterocycles. The molecule has 2 heterocycles. The van der Waals surface area contributed by atoms with Gasteiger partial charge in [-0.25, -0.2) is 0 Å². The number of piperidine rings is 1. The van der Waals surface area contributed by atoms with Crippen LogP contribution in [0.15, 0.2) is 0 Å². The summed E-state index contributed by atoms with van der Waals surface area (Å²) in [6.45, 7) is 12.7. The van der Waals surface area contributed by atoms with Gasteiger partial charge in [0.05, 0.1) is 6.61 Å². The van der Waals surface area contributed by atoms with E-state index >= 15 is 0 Å². The van der Waals surface area contributed by atoms with Crippen LogP contribution in [0.1, 0.15) is 40.0 Å². The molecule has 2 aliphatic heterocycles. The van der Waals surface area contributed by atoms with Crippen LogP contribution in [0, 0.1) is 0 Å². The molecule has 2 fully saturated rings. The van der Waals surface area contributed by atoms with Gasteiger partial charge in [0.15, 0.2) is 0 Å². The van der Waals surface area contributed by atoms with E-state index in [4.69, 9.17) is 4.74 Å². The zero-order valence-electron chi connectivity index (χ0n) is 12.0. The van der Waals surface area contributed by atoms with Crippen LogP contribution < -0.4 is 0 Å². The number of hydrogen-bond donors (Lipinski definition) is 0. The van der Waals surface area contributed by atoms with E-state index in [2.05, 4.69) is 30.6 Å². The second-order valence-corrected chi connectivity index (χ2v) is 6.69. The number of nitrogens with zero attached hydrogens (tertiary/aromatic N) is 2. The Labute approximate surface area is 106 Å². The van der Waals surface area contributed by atoms with Crippen LogP contribution in [-0.2, 0) is 4.74 Å². The van der Waals surface area contributed by atoms with Gasteiger partial charge in [0.1, 0.15) is 0 Å². The van der Waals surface area contributed by atoms with Crippen LogP contribution in [-0.4, -0.2) is 60.8 Å². The number of likely N-dealkylation sites (tertiary alicyclic amines) is 2. The summed E-state index contributed by atoms with van der Waals surface area (Å²) in [6, 6.07) is 0. The van der Waals surface area contributed by atoms with E-state index in [0.29, 0.717) is 11.1 Å². The Morgan fingerprint density at radius 1 is 1.18 bits per heavy atom. The largest absolute Gasteiger partial charge is 0.383 e. The maximum atomic E-state index is 5.25. The van der Waals surface area contributed by atoms with Crippen molar-refractivity contribution in [3.63, 3.8) is 0 Å². The van der Waals surface area contributed by atoms with Gasteiger partial charge >= 0.3 is 0 Å². The SMILES string of the molecule is COCCN1CCCCC12CN(C(C)(C)C)C2. The van der Waals surface area contributed by atoms with Crippen molar-refractivity contribution in [1.29, 1.82) is 0 Å². The van der Waals surface area contributed by atoms with E-state index in [-0.39, 0.29) is 0 Å². The van der Waals surface area contributed by atoms with Gasteiger partial charge < -0.3 is 4.74 Å². The highest BCUT2D eigenvalue weighted by Gasteiger charge is 2.50. The Morgan fingerprint density at radius 3 is 2.47 bits per heavy atom. The molecule has 0 unspecified atom stereocenters. The molecular weight excluding hydrogens is 212 g/mol. The average Bonchev–Trinajstić information content (AvgIpc) is 2.22. The molecule has 2 saturated heterocycles. The molecule has 100 valence electrons. The van der Waals surface area contributed by atoms with Crippen LogP contribution in [0.3, 0.4) is 0 Å². The van der Waals surface area contributed by atoms with Gasteiger partial charge in [-0.05, 0) is 40.2 Å². The van der Waals surface area contributed by atoms with Crippen LogP contribution in [0.5, 0.6) is 0 Å². The van der Waals surface area contributed by atoms with Crippen molar-refractivity contribution in [2.75, 3.05) is 39.9 Å². The monoisotopic (exact) mass is 240 g/mol. The van der Waals surface area contributed by atoms with Crippen LogP contribution >= 0.6 is 0 Å². The van der Waals surface area contributed by atoms with E-state index in [1.54, 1.807) is 7.11 Å². The highest BCUT2D eigenvalue weighted by Crippen LogP contribution is 2.39. The molecular formula is C14H28N2O. The van der Waals surface area contributed by atoms with Crippen molar-refractivity contribution in [3.8, 4) is 0 Å². The van der Waals surface area contributed by atoms with Gasteiger partial charge in [0.2, 0.25) is 0 Å². The molecule has 0 aliphatic carbocycles. The van der Waals surface area contributed by atoms with Gasteiger partial charge in [0, 0.05) is 37.8 Å². The van der Waals surface area contributed by atoms with Crippen molar-refractivity contribution in [2.45, 2.75) is 51.1 Å². The van der Waals surface area contributed by atoms with Crippen molar-refractivity contribution in [1.82, 2.24) is 9.80 Å². The summed E-state index contributed by atoms with van der Waals surface area (Å²) in [5.74, 6) is 0. The van der Waals surface area contributed by atoms with Crippen LogP contribution in [0.4, 0.5) is 0 Å². The van der Waals surface area contributed by atoms with E-state index in [9.17, 15) is 0 Å². The van der Waals surface area contributed by atoms with Crippen molar-refractivity contribution in [3.05, 3.63) is 0 Å². The molecule has 0 saturated carbocycles. The minimum atomic E-state index is 0.329. The Bertz CT molecular complexity index is 253. The summed E-state index contributed by atoms with van der Waals surface area (Å²) in [7, 11) is 1.80. The van der Waals surface area contributed by atoms with Gasteiger partial charge in [-0.2, -0.15) is 0 Å². The summed E-state index contributed by atoms with van der Waals surface area (Å²) in [5, 5.41) is 0. The van der Waals surface area contributed by atoms with Crippen LogP contribution in [0.2, 0.25) is 0 Å². The standard InChI is InChI=1S/C14H28N2O/c1-13(2,3)16-11-14(12-16)7-5-6-8-15(14)9-10-17-4/h5-12H2,1-4H3. The Hall–Kier alpha value is -0.120. The van der Waals surface area contributed by atoms with Crippen molar-refractivity contribution >= 4 is 0 Å². The Morgan fingerprint density at radius 2 is 1.88 bits per heavy atom. The van der Waals surface area contributed by atoms with E-state index in [1.807, 2.05) is 0 Å². The predicted molar refractivity (Wildman–Crippen MR) is 71.4 cm³/mol. The molecule has 0 atom stereocenters. The minimum Gasteiger partial charge on any atom is -0.383 e. The first kappa shape index (κ1) is 13.3. The molecule has 0 amide bonds. The normalized spacial score (nSPS) is 26.1. The van der Waals surface area contributed by atoms with E-state index in [0.717, 1.165) is 13.2 Å². The lowest BCUT2D eigenvalue weighted by atomic mass is 9.77. The van der Waals surface area contributed by atoms with Crippen LogP contribution in [0.25, 0.3) is 0 Å². The zero-order valence-corrected chi connectivity index (χ0v) is 12.0. The van der Waals surface area contributed by atoms with Gasteiger partial charge in [0.25, 0.3) is 0 Å². The van der Waals surface area contributed by atoms with E-state index < -0.39 is 0 Å². The molecule has 0 radical (unpaired) electrons. The first-order chi connectivity index (χ1) is 7.98. The molecule has 0 bridgehead atoms. The minimum absolute atomic E-state index is 0.329. The fourth-order valence-electron chi connectivity index (χ4n) is 3.20. The Balaban J connectivity index is 1.94. The average molecular weight is 240 g/mol. The lowest BCUT2D eigenvalue weighted by molar-refractivity contribution is -0.116. The van der Waals surface area contributed by atoms with Crippen molar-refractivity contribution < 1.29 is 4.74 Å².